The number of thiophene rings is 2. The molecular weight excluding hydrogens is 488 g/mol. The molecule has 0 unspecified atom stereocenters. The second kappa shape index (κ2) is 6.61. The second-order valence-electron chi connectivity index (χ2n) is 6.07. The van der Waals surface area contributed by atoms with E-state index in [-0.39, 0.29) is 0 Å². The molecule has 0 radical (unpaired) electrons. The van der Waals surface area contributed by atoms with E-state index >= 15 is 0 Å². The molecule has 5 aromatic rings. The summed E-state index contributed by atoms with van der Waals surface area (Å²) in [4.78, 5) is 0. The average Bonchev–Trinajstić information content (AvgIpc) is 3.22. The second-order valence-corrected chi connectivity index (χ2v) is 10.9. The van der Waals surface area contributed by atoms with E-state index in [2.05, 4.69) is 105 Å². The van der Waals surface area contributed by atoms with Crippen LogP contribution in [0.25, 0.3) is 42.4 Å². The van der Waals surface area contributed by atoms with Gasteiger partial charge in [-0.05, 0) is 55.1 Å². The van der Waals surface area contributed by atoms with Gasteiger partial charge in [-0.25, -0.2) is 0 Å². The van der Waals surface area contributed by atoms with Gasteiger partial charge in [0.1, 0.15) is 0 Å². The molecule has 0 aliphatic carbocycles. The first-order valence-corrected chi connectivity index (χ1v) is 11.4. The molecule has 0 N–H and O–H groups in total. The third-order valence-corrected chi connectivity index (χ3v) is 7.83. The summed E-state index contributed by atoms with van der Waals surface area (Å²) in [5.74, 6) is 0. The van der Waals surface area contributed by atoms with Crippen LogP contribution in [-0.2, 0) is 0 Å². The lowest BCUT2D eigenvalue weighted by atomic mass is 9.94. The largest absolute Gasteiger partial charge is 0.128 e. The minimum Gasteiger partial charge on any atom is -0.128 e. The standard InChI is InChI=1S/C22H12Br2S2/c23-17-11-15-19(13-7-3-1-4-8-13)21-16(12-18(24)25-21)20(22(15)26-17)14-9-5-2-6-10-14/h1-12H. The third-order valence-electron chi connectivity index (χ3n) is 4.52. The fourth-order valence-electron chi connectivity index (χ4n) is 3.49. The number of rotatable bonds is 2. The Balaban J connectivity index is 2.01. The SMILES string of the molecule is Brc1cc2c(-c3ccccc3)c3sc(Br)cc3c(-c3ccccc3)c2s1. The lowest BCUT2D eigenvalue weighted by Crippen LogP contribution is -1.84. The Morgan fingerprint density at radius 3 is 1.31 bits per heavy atom. The van der Waals surface area contributed by atoms with Crippen molar-refractivity contribution in [3.8, 4) is 22.3 Å². The smallest absolute Gasteiger partial charge is 0.0711 e. The molecule has 2 heterocycles. The van der Waals surface area contributed by atoms with Gasteiger partial charge >= 0.3 is 0 Å². The predicted molar refractivity (Wildman–Crippen MR) is 123 cm³/mol. The van der Waals surface area contributed by atoms with Crippen LogP contribution < -0.4 is 0 Å². The van der Waals surface area contributed by atoms with E-state index in [0.29, 0.717) is 0 Å². The first-order valence-electron chi connectivity index (χ1n) is 8.17. The maximum Gasteiger partial charge on any atom is 0.0711 e. The quantitative estimate of drug-likeness (QED) is 0.227. The summed E-state index contributed by atoms with van der Waals surface area (Å²) in [6.45, 7) is 0. The molecule has 4 heteroatoms. The Morgan fingerprint density at radius 1 is 0.538 bits per heavy atom. The van der Waals surface area contributed by atoms with Crippen LogP contribution in [0.15, 0.2) is 80.4 Å². The van der Waals surface area contributed by atoms with Crippen molar-refractivity contribution < 1.29 is 0 Å². The van der Waals surface area contributed by atoms with E-state index in [1.807, 2.05) is 22.7 Å². The molecule has 5 rings (SSSR count). The van der Waals surface area contributed by atoms with Gasteiger partial charge in [-0.3, -0.25) is 0 Å². The number of halogens is 2. The summed E-state index contributed by atoms with van der Waals surface area (Å²) in [6.07, 6.45) is 0. The molecule has 0 saturated heterocycles. The Labute approximate surface area is 176 Å². The number of fused-ring (bicyclic) bond motifs is 2. The van der Waals surface area contributed by atoms with Crippen LogP contribution in [0.1, 0.15) is 0 Å². The highest BCUT2D eigenvalue weighted by Gasteiger charge is 2.20. The van der Waals surface area contributed by atoms with Crippen LogP contribution in [0.2, 0.25) is 0 Å². The Kier molecular flexibility index (Phi) is 4.24. The molecule has 0 aliphatic rings. The van der Waals surface area contributed by atoms with Gasteiger partial charge in [-0.2, -0.15) is 0 Å². The first-order chi connectivity index (χ1) is 12.7. The van der Waals surface area contributed by atoms with Crippen molar-refractivity contribution in [1.29, 1.82) is 0 Å². The lowest BCUT2D eigenvalue weighted by molar-refractivity contribution is 1.68. The van der Waals surface area contributed by atoms with Gasteiger partial charge < -0.3 is 0 Å². The zero-order valence-electron chi connectivity index (χ0n) is 13.5. The van der Waals surface area contributed by atoms with Gasteiger partial charge in [0.05, 0.1) is 7.57 Å². The van der Waals surface area contributed by atoms with Crippen molar-refractivity contribution in [2.75, 3.05) is 0 Å². The van der Waals surface area contributed by atoms with E-state index in [1.54, 1.807) is 0 Å². The molecule has 0 atom stereocenters. The van der Waals surface area contributed by atoms with E-state index in [4.69, 9.17) is 0 Å². The van der Waals surface area contributed by atoms with Crippen molar-refractivity contribution in [3.63, 3.8) is 0 Å². The monoisotopic (exact) mass is 498 g/mol. The Hall–Kier alpha value is -1.46. The van der Waals surface area contributed by atoms with Crippen molar-refractivity contribution in [2.45, 2.75) is 0 Å². The van der Waals surface area contributed by atoms with Gasteiger partial charge in [0, 0.05) is 31.3 Å². The molecular formula is C22H12Br2S2. The molecule has 0 fully saturated rings. The van der Waals surface area contributed by atoms with Gasteiger partial charge in [-0.1, -0.05) is 60.7 Å². The third kappa shape index (κ3) is 2.67. The maximum atomic E-state index is 3.73. The zero-order valence-corrected chi connectivity index (χ0v) is 18.3. The maximum absolute atomic E-state index is 3.73. The van der Waals surface area contributed by atoms with Crippen molar-refractivity contribution >= 4 is 74.7 Å². The number of benzene rings is 3. The molecule has 126 valence electrons. The minimum atomic E-state index is 1.17. The summed E-state index contributed by atoms with van der Waals surface area (Å²) in [5.41, 5.74) is 5.18. The molecule has 26 heavy (non-hydrogen) atoms. The summed E-state index contributed by atoms with van der Waals surface area (Å²) >= 11 is 11.1. The minimum absolute atomic E-state index is 1.17. The van der Waals surface area contributed by atoms with E-state index in [1.165, 1.54) is 50.0 Å². The van der Waals surface area contributed by atoms with Crippen LogP contribution in [0.4, 0.5) is 0 Å². The molecule has 3 aromatic carbocycles. The number of hydrogen-bond acceptors (Lipinski definition) is 2. The van der Waals surface area contributed by atoms with Crippen molar-refractivity contribution in [2.24, 2.45) is 0 Å². The van der Waals surface area contributed by atoms with Crippen LogP contribution in [0, 0.1) is 0 Å². The fraction of sp³-hybridized carbons (Fsp3) is 0. The van der Waals surface area contributed by atoms with Crippen LogP contribution >= 0.6 is 54.5 Å². The molecule has 2 aromatic heterocycles. The average molecular weight is 500 g/mol. The topological polar surface area (TPSA) is 0 Å². The van der Waals surface area contributed by atoms with Crippen LogP contribution in [0.5, 0.6) is 0 Å². The Morgan fingerprint density at radius 2 is 0.923 bits per heavy atom. The van der Waals surface area contributed by atoms with E-state index < -0.39 is 0 Å². The highest BCUT2D eigenvalue weighted by Crippen LogP contribution is 2.50. The lowest BCUT2D eigenvalue weighted by Gasteiger charge is -2.12. The first kappa shape index (κ1) is 16.7. The summed E-state index contributed by atoms with van der Waals surface area (Å²) < 4.78 is 5.00. The number of hydrogen-bond donors (Lipinski definition) is 0. The molecule has 0 bridgehead atoms. The summed E-state index contributed by atoms with van der Waals surface area (Å²) in [5, 5.41) is 2.63. The summed E-state index contributed by atoms with van der Waals surface area (Å²) in [6, 6.07) is 25.9. The molecule has 0 saturated carbocycles. The summed E-state index contributed by atoms with van der Waals surface area (Å²) in [7, 11) is 0. The van der Waals surface area contributed by atoms with Gasteiger partial charge in [0.2, 0.25) is 0 Å². The predicted octanol–water partition coefficient (Wildman–Crippen LogP) is 8.97. The van der Waals surface area contributed by atoms with E-state index in [9.17, 15) is 0 Å². The van der Waals surface area contributed by atoms with Crippen LogP contribution in [-0.4, -0.2) is 0 Å². The highest BCUT2D eigenvalue weighted by atomic mass is 79.9. The van der Waals surface area contributed by atoms with E-state index in [0.717, 1.165) is 0 Å². The van der Waals surface area contributed by atoms with Crippen LogP contribution in [0.3, 0.4) is 0 Å². The zero-order chi connectivity index (χ0) is 17.7. The van der Waals surface area contributed by atoms with Gasteiger partial charge in [-0.15, -0.1) is 22.7 Å². The molecule has 0 amide bonds. The molecule has 0 nitrogen and oxygen atoms in total. The normalized spacial score (nSPS) is 11.5. The van der Waals surface area contributed by atoms with Crippen molar-refractivity contribution in [1.82, 2.24) is 0 Å². The Bertz CT molecular complexity index is 1080. The molecule has 0 spiro atoms. The van der Waals surface area contributed by atoms with Gasteiger partial charge in [0.25, 0.3) is 0 Å². The van der Waals surface area contributed by atoms with Crippen molar-refractivity contribution in [3.05, 3.63) is 80.4 Å². The molecule has 0 aliphatic heterocycles. The highest BCUT2D eigenvalue weighted by molar-refractivity contribution is 9.11. The fourth-order valence-corrected chi connectivity index (χ4v) is 6.87. The van der Waals surface area contributed by atoms with Gasteiger partial charge in [0.15, 0.2) is 0 Å².